The van der Waals surface area contributed by atoms with Gasteiger partial charge in [0.2, 0.25) is 5.75 Å². The van der Waals surface area contributed by atoms with Gasteiger partial charge in [0.15, 0.2) is 9.84 Å². The molecule has 1 aromatic heterocycles. The largest absolute Gasteiger partial charge is 0.487 e. The maximum atomic E-state index is 12.5. The Balaban J connectivity index is 1.44. The van der Waals surface area contributed by atoms with E-state index in [0.29, 0.717) is 38.8 Å². The highest BCUT2D eigenvalue weighted by molar-refractivity contribution is 7.92. The van der Waals surface area contributed by atoms with Gasteiger partial charge in [-0.05, 0) is 44.9 Å². The molecule has 1 amide bonds. The van der Waals surface area contributed by atoms with Crippen LogP contribution in [0.4, 0.5) is 4.79 Å². The molecule has 2 fully saturated rings. The van der Waals surface area contributed by atoms with Crippen LogP contribution in [0.5, 0.6) is 23.3 Å². The van der Waals surface area contributed by atoms with Crippen molar-refractivity contribution in [2.75, 3.05) is 20.2 Å². The average Bonchev–Trinajstić information content (AvgIpc) is 3.67. The average molecular weight is 526 g/mol. The zero-order valence-electron chi connectivity index (χ0n) is 19.8. The van der Waals surface area contributed by atoms with Crippen LogP contribution in [-0.2, 0) is 14.6 Å². The molecule has 2 aliphatic rings. The Bertz CT molecular complexity index is 1180. The highest BCUT2D eigenvalue weighted by Crippen LogP contribution is 2.40. The normalized spacial score (nSPS) is 16.8. The maximum absolute atomic E-state index is 12.5. The van der Waals surface area contributed by atoms with Crippen LogP contribution in [0.25, 0.3) is 0 Å². The molecule has 0 bridgehead atoms. The van der Waals surface area contributed by atoms with Crippen molar-refractivity contribution in [2.45, 2.75) is 61.9 Å². The van der Waals surface area contributed by atoms with Crippen molar-refractivity contribution in [3.8, 4) is 23.3 Å². The molecule has 35 heavy (non-hydrogen) atoms. The van der Waals surface area contributed by atoms with Crippen LogP contribution in [0.1, 0.15) is 39.5 Å². The Morgan fingerprint density at radius 3 is 2.40 bits per heavy atom. The molecular formula is C23H28ClN3O7S. The van der Waals surface area contributed by atoms with E-state index in [-0.39, 0.29) is 56.7 Å². The van der Waals surface area contributed by atoms with Crippen molar-refractivity contribution >= 4 is 27.5 Å². The van der Waals surface area contributed by atoms with Crippen molar-refractivity contribution < 1.29 is 32.2 Å². The number of ether oxygens (including phenoxy) is 4. The van der Waals surface area contributed by atoms with Gasteiger partial charge in [-0.25, -0.2) is 13.2 Å². The molecule has 0 atom stereocenters. The first-order chi connectivity index (χ1) is 16.7. The molecule has 0 spiro atoms. The molecule has 0 unspecified atom stereocenters. The second kappa shape index (κ2) is 10.4. The summed E-state index contributed by atoms with van der Waals surface area (Å²) in [5.74, 6) is 0.682. The number of benzene rings is 1. The summed E-state index contributed by atoms with van der Waals surface area (Å²) in [6.07, 6.45) is 3.11. The number of rotatable bonds is 8. The SMILES string of the molecule is COc1c(Oc2ccc(S(=O)(=O)C3CC3)cc2Cl)ncnc1OC1CCN(C(=O)OC(C)C)CC1. The van der Waals surface area contributed by atoms with E-state index in [0.717, 1.165) is 0 Å². The molecular weight excluding hydrogens is 498 g/mol. The summed E-state index contributed by atoms with van der Waals surface area (Å²) in [7, 11) is -1.93. The molecule has 1 saturated heterocycles. The highest BCUT2D eigenvalue weighted by atomic mass is 35.5. The van der Waals surface area contributed by atoms with Gasteiger partial charge in [0.1, 0.15) is 18.2 Å². The summed E-state index contributed by atoms with van der Waals surface area (Å²) < 4.78 is 47.5. The first kappa shape index (κ1) is 25.3. The third kappa shape index (κ3) is 5.90. The summed E-state index contributed by atoms with van der Waals surface area (Å²) in [4.78, 5) is 22.2. The second-order valence-corrected chi connectivity index (χ2v) is 11.3. The van der Waals surface area contributed by atoms with Crippen molar-refractivity contribution in [2.24, 2.45) is 0 Å². The Morgan fingerprint density at radius 1 is 1.11 bits per heavy atom. The van der Waals surface area contributed by atoms with Gasteiger partial charge in [-0.2, -0.15) is 9.97 Å². The zero-order valence-corrected chi connectivity index (χ0v) is 21.3. The molecule has 10 nitrogen and oxygen atoms in total. The summed E-state index contributed by atoms with van der Waals surface area (Å²) in [6.45, 7) is 4.62. The van der Waals surface area contributed by atoms with E-state index in [2.05, 4.69) is 9.97 Å². The van der Waals surface area contributed by atoms with Crippen LogP contribution in [0.3, 0.4) is 0 Å². The lowest BCUT2D eigenvalue weighted by molar-refractivity contribution is 0.0499. The van der Waals surface area contributed by atoms with Crippen molar-refractivity contribution in [1.82, 2.24) is 14.9 Å². The van der Waals surface area contributed by atoms with Crippen molar-refractivity contribution in [3.05, 3.63) is 29.5 Å². The highest BCUT2D eigenvalue weighted by Gasteiger charge is 2.37. The third-order valence-corrected chi connectivity index (χ3v) is 8.21. The quantitative estimate of drug-likeness (QED) is 0.498. The van der Waals surface area contributed by atoms with Crippen LogP contribution in [0, 0.1) is 0 Å². The number of piperidine rings is 1. The molecule has 0 radical (unpaired) electrons. The van der Waals surface area contributed by atoms with E-state index in [9.17, 15) is 13.2 Å². The van der Waals surface area contributed by atoms with E-state index >= 15 is 0 Å². The molecule has 12 heteroatoms. The number of likely N-dealkylation sites (tertiary alicyclic amines) is 1. The van der Waals surface area contributed by atoms with Gasteiger partial charge < -0.3 is 23.8 Å². The number of hydrogen-bond acceptors (Lipinski definition) is 9. The Morgan fingerprint density at radius 2 is 1.80 bits per heavy atom. The first-order valence-corrected chi connectivity index (χ1v) is 13.3. The topological polar surface area (TPSA) is 117 Å². The van der Waals surface area contributed by atoms with Crippen LogP contribution < -0.4 is 14.2 Å². The van der Waals surface area contributed by atoms with Crippen molar-refractivity contribution in [3.63, 3.8) is 0 Å². The third-order valence-electron chi connectivity index (χ3n) is 5.66. The number of nitrogens with zero attached hydrogens (tertiary/aromatic N) is 3. The molecule has 0 N–H and O–H groups in total. The smallest absolute Gasteiger partial charge is 0.410 e. The lowest BCUT2D eigenvalue weighted by Gasteiger charge is -2.31. The number of halogens is 1. The number of hydrogen-bond donors (Lipinski definition) is 0. The predicted molar refractivity (Wildman–Crippen MR) is 127 cm³/mol. The number of amides is 1. The molecule has 4 rings (SSSR count). The van der Waals surface area contributed by atoms with Crippen LogP contribution in [0.15, 0.2) is 29.4 Å². The lowest BCUT2D eigenvalue weighted by Crippen LogP contribution is -2.42. The Kier molecular flexibility index (Phi) is 7.56. The van der Waals surface area contributed by atoms with Crippen LogP contribution >= 0.6 is 11.6 Å². The van der Waals surface area contributed by atoms with Crippen LogP contribution in [-0.4, -0.2) is 67.0 Å². The van der Waals surface area contributed by atoms with Crippen LogP contribution in [0.2, 0.25) is 5.02 Å². The van der Waals surface area contributed by atoms with Gasteiger partial charge >= 0.3 is 6.09 Å². The molecule has 1 aliphatic carbocycles. The van der Waals surface area contributed by atoms with Gasteiger partial charge in [-0.15, -0.1) is 0 Å². The molecule has 2 aromatic rings. The monoisotopic (exact) mass is 525 g/mol. The van der Waals surface area contributed by atoms with Crippen molar-refractivity contribution in [1.29, 1.82) is 0 Å². The predicted octanol–water partition coefficient (Wildman–Crippen LogP) is 4.26. The number of carbonyl (C=O) groups excluding carboxylic acids is 1. The number of methoxy groups -OCH3 is 1. The van der Waals surface area contributed by atoms with E-state index in [1.54, 1.807) is 4.90 Å². The summed E-state index contributed by atoms with van der Waals surface area (Å²) >= 11 is 6.32. The first-order valence-electron chi connectivity index (χ1n) is 11.4. The molecule has 1 aromatic carbocycles. The van der Waals surface area contributed by atoms with Gasteiger partial charge in [-0.3, -0.25) is 0 Å². The maximum Gasteiger partial charge on any atom is 0.410 e. The molecule has 1 aliphatic heterocycles. The van der Waals surface area contributed by atoms with Gasteiger partial charge in [-0.1, -0.05) is 11.6 Å². The van der Waals surface area contributed by atoms with Gasteiger partial charge in [0.25, 0.3) is 11.8 Å². The standard InChI is InChI=1S/C23H28ClN3O7S/c1-14(2)32-23(28)27-10-8-15(9-11-27)33-21-20(31-3)22(26-13-25-21)34-19-7-6-17(12-18(19)24)35(29,30)16-4-5-16/h6-7,12-16H,4-5,8-11H2,1-3H3. The zero-order chi connectivity index (χ0) is 25.2. The van der Waals surface area contributed by atoms with E-state index in [1.165, 1.54) is 31.6 Å². The van der Waals surface area contributed by atoms with E-state index < -0.39 is 9.84 Å². The molecule has 1 saturated carbocycles. The molecule has 2 heterocycles. The summed E-state index contributed by atoms with van der Waals surface area (Å²) in [5, 5.41) is -0.199. The summed E-state index contributed by atoms with van der Waals surface area (Å²) in [5.41, 5.74) is 0. The van der Waals surface area contributed by atoms with E-state index in [1.807, 2.05) is 13.8 Å². The second-order valence-electron chi connectivity index (χ2n) is 8.69. The number of aromatic nitrogens is 2. The minimum absolute atomic E-state index is 0.0788. The fourth-order valence-electron chi connectivity index (χ4n) is 3.68. The van der Waals surface area contributed by atoms with Gasteiger partial charge in [0, 0.05) is 25.9 Å². The molecule has 190 valence electrons. The minimum atomic E-state index is -3.37. The fourth-order valence-corrected chi connectivity index (χ4v) is 5.65. The Labute approximate surface area is 209 Å². The number of carbonyl (C=O) groups is 1. The van der Waals surface area contributed by atoms with E-state index in [4.69, 9.17) is 30.5 Å². The lowest BCUT2D eigenvalue weighted by atomic mass is 10.1. The number of sulfone groups is 1. The minimum Gasteiger partial charge on any atom is -0.487 e. The van der Waals surface area contributed by atoms with Gasteiger partial charge in [0.05, 0.1) is 28.4 Å². The Hall–Kier alpha value is -2.79. The fraction of sp³-hybridized carbons (Fsp3) is 0.522. The summed E-state index contributed by atoms with van der Waals surface area (Å²) in [6, 6.07) is 4.34.